The fourth-order valence-electron chi connectivity index (χ4n) is 2.63. The Kier molecular flexibility index (Phi) is 4.54. The number of rotatable bonds is 3. The van der Waals surface area contributed by atoms with Crippen LogP contribution in [0.2, 0.25) is 0 Å². The van der Waals surface area contributed by atoms with Crippen LogP contribution in [0, 0.1) is 6.92 Å². The molecule has 1 aromatic rings. The van der Waals surface area contributed by atoms with Gasteiger partial charge in [-0.25, -0.2) is 0 Å². The van der Waals surface area contributed by atoms with E-state index in [1.807, 2.05) is 0 Å². The molecule has 2 N–H and O–H groups in total. The van der Waals surface area contributed by atoms with Crippen LogP contribution in [-0.2, 0) is 0 Å². The summed E-state index contributed by atoms with van der Waals surface area (Å²) in [6.45, 7) is 8.67. The van der Waals surface area contributed by atoms with Crippen molar-refractivity contribution in [2.24, 2.45) is 0 Å². The highest BCUT2D eigenvalue weighted by atomic mass is 79.9. The van der Waals surface area contributed by atoms with Gasteiger partial charge < -0.3 is 15.3 Å². The Labute approximate surface area is 124 Å². The molecule has 1 saturated heterocycles. The summed E-state index contributed by atoms with van der Waals surface area (Å²) in [4.78, 5) is 2.42. The maximum absolute atomic E-state index is 9.25. The predicted octanol–water partition coefficient (Wildman–Crippen LogP) is 2.70. The average molecular weight is 327 g/mol. The SMILES string of the molecule is Cc1cc(N2CC(C)(C)NCC2CCO)ccc1Br. The molecule has 106 valence electrons. The zero-order chi connectivity index (χ0) is 14.0. The van der Waals surface area contributed by atoms with Gasteiger partial charge in [-0.15, -0.1) is 0 Å². The lowest BCUT2D eigenvalue weighted by Gasteiger charge is -2.46. The summed E-state index contributed by atoms with van der Waals surface area (Å²) >= 11 is 3.55. The standard InChI is InChI=1S/C15H23BrN2O/c1-11-8-12(4-5-14(11)16)18-10-15(2,3)17-9-13(18)6-7-19/h4-5,8,13,17,19H,6-7,9-10H2,1-3H3. The van der Waals surface area contributed by atoms with Crippen molar-refractivity contribution in [1.29, 1.82) is 0 Å². The van der Waals surface area contributed by atoms with Crippen molar-refractivity contribution in [2.45, 2.75) is 38.8 Å². The Bertz CT molecular complexity index is 448. The molecule has 0 aliphatic carbocycles. The topological polar surface area (TPSA) is 35.5 Å². The Hall–Kier alpha value is -0.580. The Morgan fingerprint density at radius 2 is 2.21 bits per heavy atom. The molecule has 0 spiro atoms. The van der Waals surface area contributed by atoms with Gasteiger partial charge >= 0.3 is 0 Å². The average Bonchev–Trinajstić information content (AvgIpc) is 2.35. The molecule has 3 nitrogen and oxygen atoms in total. The molecule has 1 unspecified atom stereocenters. The molecule has 0 saturated carbocycles. The molecule has 0 radical (unpaired) electrons. The normalized spacial score (nSPS) is 22.6. The predicted molar refractivity (Wildman–Crippen MR) is 83.8 cm³/mol. The highest BCUT2D eigenvalue weighted by Gasteiger charge is 2.32. The summed E-state index contributed by atoms with van der Waals surface area (Å²) in [6.07, 6.45) is 0.804. The van der Waals surface area contributed by atoms with E-state index in [-0.39, 0.29) is 12.1 Å². The van der Waals surface area contributed by atoms with Gasteiger partial charge in [-0.05, 0) is 51.0 Å². The smallest absolute Gasteiger partial charge is 0.0451 e. The van der Waals surface area contributed by atoms with Crippen LogP contribution in [0.4, 0.5) is 5.69 Å². The number of aliphatic hydroxyl groups excluding tert-OH is 1. The van der Waals surface area contributed by atoms with Gasteiger partial charge in [0.2, 0.25) is 0 Å². The minimum atomic E-state index is 0.104. The first-order valence-corrected chi connectivity index (χ1v) is 7.61. The van der Waals surface area contributed by atoms with Crippen LogP contribution < -0.4 is 10.2 Å². The molecule has 0 aromatic heterocycles. The zero-order valence-electron chi connectivity index (χ0n) is 11.9. The lowest BCUT2D eigenvalue weighted by molar-refractivity contribution is 0.241. The molecule has 1 heterocycles. The van der Waals surface area contributed by atoms with Gasteiger partial charge in [0, 0.05) is 41.4 Å². The number of piperazine rings is 1. The maximum Gasteiger partial charge on any atom is 0.0451 e. The van der Waals surface area contributed by atoms with Crippen molar-refractivity contribution in [3.05, 3.63) is 28.2 Å². The van der Waals surface area contributed by atoms with Gasteiger partial charge in [-0.3, -0.25) is 0 Å². The van der Waals surface area contributed by atoms with Gasteiger partial charge in [-0.2, -0.15) is 0 Å². The van der Waals surface area contributed by atoms with Crippen LogP contribution >= 0.6 is 15.9 Å². The number of aliphatic hydroxyl groups is 1. The fraction of sp³-hybridized carbons (Fsp3) is 0.600. The van der Waals surface area contributed by atoms with E-state index in [4.69, 9.17) is 0 Å². The van der Waals surface area contributed by atoms with Crippen LogP contribution in [-0.4, -0.2) is 36.4 Å². The van der Waals surface area contributed by atoms with Crippen LogP contribution in [0.3, 0.4) is 0 Å². The number of benzene rings is 1. The lowest BCUT2D eigenvalue weighted by atomic mass is 9.96. The molecule has 2 rings (SSSR count). The summed E-state index contributed by atoms with van der Waals surface area (Å²) in [5.41, 5.74) is 2.60. The number of hydrogen-bond acceptors (Lipinski definition) is 3. The third-order valence-electron chi connectivity index (χ3n) is 3.76. The van der Waals surface area contributed by atoms with Crippen molar-refractivity contribution in [3.63, 3.8) is 0 Å². The minimum absolute atomic E-state index is 0.104. The van der Waals surface area contributed by atoms with Crippen molar-refractivity contribution >= 4 is 21.6 Å². The molecular formula is C15H23BrN2O. The first-order chi connectivity index (χ1) is 8.93. The Morgan fingerprint density at radius 1 is 1.47 bits per heavy atom. The van der Waals surface area contributed by atoms with Gasteiger partial charge in [0.05, 0.1) is 0 Å². The monoisotopic (exact) mass is 326 g/mol. The third-order valence-corrected chi connectivity index (χ3v) is 4.65. The van der Waals surface area contributed by atoms with E-state index < -0.39 is 0 Å². The van der Waals surface area contributed by atoms with E-state index in [1.54, 1.807) is 0 Å². The molecule has 19 heavy (non-hydrogen) atoms. The molecule has 0 amide bonds. The van der Waals surface area contributed by atoms with E-state index in [0.717, 1.165) is 24.0 Å². The summed E-state index contributed by atoms with van der Waals surface area (Å²) in [7, 11) is 0. The highest BCUT2D eigenvalue weighted by molar-refractivity contribution is 9.10. The molecule has 1 aliphatic heterocycles. The largest absolute Gasteiger partial charge is 0.396 e. The molecule has 4 heteroatoms. The number of anilines is 1. The van der Waals surface area contributed by atoms with E-state index in [0.29, 0.717) is 6.04 Å². The van der Waals surface area contributed by atoms with E-state index in [1.165, 1.54) is 11.3 Å². The number of nitrogens with one attached hydrogen (secondary N) is 1. The van der Waals surface area contributed by atoms with Crippen LogP contribution in [0.15, 0.2) is 22.7 Å². The Morgan fingerprint density at radius 3 is 2.84 bits per heavy atom. The van der Waals surface area contributed by atoms with E-state index >= 15 is 0 Å². The second kappa shape index (κ2) is 5.81. The van der Waals surface area contributed by atoms with Gasteiger partial charge in [0.15, 0.2) is 0 Å². The van der Waals surface area contributed by atoms with E-state index in [9.17, 15) is 5.11 Å². The van der Waals surface area contributed by atoms with Gasteiger partial charge in [0.25, 0.3) is 0 Å². The van der Waals surface area contributed by atoms with Gasteiger partial charge in [-0.1, -0.05) is 15.9 Å². The second-order valence-corrected chi connectivity index (χ2v) is 6.85. The highest BCUT2D eigenvalue weighted by Crippen LogP contribution is 2.28. The first-order valence-electron chi connectivity index (χ1n) is 6.81. The summed E-state index contributed by atoms with van der Waals surface area (Å²) < 4.78 is 1.14. The zero-order valence-corrected chi connectivity index (χ0v) is 13.5. The maximum atomic E-state index is 9.25. The van der Waals surface area contributed by atoms with E-state index in [2.05, 4.69) is 65.1 Å². The molecular weight excluding hydrogens is 304 g/mol. The molecule has 1 fully saturated rings. The van der Waals surface area contributed by atoms with Crippen LogP contribution in [0.5, 0.6) is 0 Å². The van der Waals surface area contributed by atoms with Crippen molar-refractivity contribution in [3.8, 4) is 0 Å². The third kappa shape index (κ3) is 3.50. The molecule has 1 aliphatic rings. The number of aryl methyl sites for hydroxylation is 1. The summed E-state index contributed by atoms with van der Waals surface area (Å²) in [6, 6.07) is 6.84. The fourth-order valence-corrected chi connectivity index (χ4v) is 2.88. The van der Waals surface area contributed by atoms with Crippen molar-refractivity contribution in [1.82, 2.24) is 5.32 Å². The minimum Gasteiger partial charge on any atom is -0.396 e. The number of nitrogens with zero attached hydrogens (tertiary/aromatic N) is 1. The lowest BCUT2D eigenvalue weighted by Crippen LogP contribution is -2.62. The number of hydrogen-bond donors (Lipinski definition) is 2. The molecule has 1 aromatic carbocycles. The van der Waals surface area contributed by atoms with Crippen molar-refractivity contribution < 1.29 is 5.11 Å². The van der Waals surface area contributed by atoms with Gasteiger partial charge in [0.1, 0.15) is 0 Å². The first kappa shape index (κ1) is 14.8. The molecule has 1 atom stereocenters. The number of halogens is 1. The van der Waals surface area contributed by atoms with Crippen LogP contribution in [0.25, 0.3) is 0 Å². The summed E-state index contributed by atoms with van der Waals surface area (Å²) in [5, 5.41) is 12.8. The van der Waals surface area contributed by atoms with Crippen LogP contribution in [0.1, 0.15) is 25.8 Å². The quantitative estimate of drug-likeness (QED) is 0.896. The summed E-state index contributed by atoms with van der Waals surface area (Å²) in [5.74, 6) is 0. The van der Waals surface area contributed by atoms with Crippen molar-refractivity contribution in [2.75, 3.05) is 24.6 Å². The second-order valence-electron chi connectivity index (χ2n) is 5.99. The Balaban J connectivity index is 2.27. The molecule has 0 bridgehead atoms.